The predicted octanol–water partition coefficient (Wildman–Crippen LogP) is 4.47. The normalized spacial score (nSPS) is 17.8. The first-order valence-electron chi connectivity index (χ1n) is 8.57. The number of amides is 1. The Balaban J connectivity index is 1.78. The molecule has 162 valence electrons. The van der Waals surface area contributed by atoms with Gasteiger partial charge in [-0.05, 0) is 41.9 Å². The molecule has 2 aromatic rings. The number of carbonyl (C=O) groups is 1. The van der Waals surface area contributed by atoms with Crippen molar-refractivity contribution < 1.29 is 32.3 Å². The average Bonchev–Trinajstić information content (AvgIpc) is 3.02. The van der Waals surface area contributed by atoms with Crippen molar-refractivity contribution in [2.24, 2.45) is 0 Å². The molecule has 1 fully saturated rings. The maximum atomic E-state index is 14.4. The standard InChI is InChI=1S/C18H16BrClF3N3O4/c1-18(2)28-6-9(30-18)7-29-26-17(27)10-4-12(21)13(22)14(23)15(10)25-16-11(20)3-8(19)5-24-16/h3-5,9H,6-7H2,1-2H3,(H,24,25)(H,26,27). The minimum absolute atomic E-state index is 0.0529. The van der Waals surface area contributed by atoms with E-state index in [9.17, 15) is 18.0 Å². The lowest BCUT2D eigenvalue weighted by Crippen LogP contribution is -2.31. The minimum Gasteiger partial charge on any atom is -0.348 e. The molecule has 12 heteroatoms. The van der Waals surface area contributed by atoms with E-state index in [1.54, 1.807) is 13.8 Å². The first-order chi connectivity index (χ1) is 14.1. The fourth-order valence-corrected chi connectivity index (χ4v) is 3.30. The van der Waals surface area contributed by atoms with E-state index in [1.807, 2.05) is 5.48 Å². The van der Waals surface area contributed by atoms with Gasteiger partial charge in [0.05, 0.1) is 22.9 Å². The number of anilines is 2. The SMILES string of the molecule is CC1(C)OCC(CONC(=O)c2cc(F)c(F)c(F)c2Nc2ncc(Br)cc2Cl)O1. The van der Waals surface area contributed by atoms with Crippen molar-refractivity contribution in [2.45, 2.75) is 25.7 Å². The summed E-state index contributed by atoms with van der Waals surface area (Å²) in [6.45, 7) is 3.59. The van der Waals surface area contributed by atoms with Crippen LogP contribution in [0.15, 0.2) is 22.8 Å². The lowest BCUT2D eigenvalue weighted by molar-refractivity contribution is -0.147. The molecule has 30 heavy (non-hydrogen) atoms. The summed E-state index contributed by atoms with van der Waals surface area (Å²) in [6.07, 6.45) is 0.894. The second kappa shape index (κ2) is 9.06. The van der Waals surface area contributed by atoms with Crippen LogP contribution in [0.2, 0.25) is 5.02 Å². The highest BCUT2D eigenvalue weighted by atomic mass is 79.9. The molecule has 0 radical (unpaired) electrons. The Kier molecular flexibility index (Phi) is 6.88. The second-order valence-corrected chi connectivity index (χ2v) is 8.03. The quantitative estimate of drug-likeness (QED) is 0.441. The highest BCUT2D eigenvalue weighted by Crippen LogP contribution is 2.31. The number of carbonyl (C=O) groups excluding carboxylic acids is 1. The van der Waals surface area contributed by atoms with Crippen molar-refractivity contribution >= 4 is 44.9 Å². The lowest BCUT2D eigenvalue weighted by atomic mass is 10.1. The van der Waals surface area contributed by atoms with Gasteiger partial charge in [-0.2, -0.15) is 0 Å². The molecule has 2 N–H and O–H groups in total. The Bertz CT molecular complexity index is 980. The second-order valence-electron chi connectivity index (χ2n) is 6.71. The number of ether oxygens (including phenoxy) is 2. The summed E-state index contributed by atoms with van der Waals surface area (Å²) in [5.74, 6) is -6.81. The number of hydrogen-bond acceptors (Lipinski definition) is 6. The van der Waals surface area contributed by atoms with E-state index < -0.39 is 46.5 Å². The van der Waals surface area contributed by atoms with Gasteiger partial charge in [-0.25, -0.2) is 23.6 Å². The van der Waals surface area contributed by atoms with Crippen molar-refractivity contribution in [1.82, 2.24) is 10.5 Å². The zero-order valence-corrected chi connectivity index (χ0v) is 18.0. The van der Waals surface area contributed by atoms with Crippen molar-refractivity contribution in [3.63, 3.8) is 0 Å². The summed E-state index contributed by atoms with van der Waals surface area (Å²) in [5, 5.41) is 2.47. The van der Waals surface area contributed by atoms with E-state index in [0.29, 0.717) is 10.5 Å². The number of rotatable bonds is 6. The zero-order chi connectivity index (χ0) is 22.1. The number of hydroxylamine groups is 1. The van der Waals surface area contributed by atoms with Gasteiger partial charge in [0.25, 0.3) is 5.91 Å². The van der Waals surface area contributed by atoms with Crippen LogP contribution in [0.25, 0.3) is 0 Å². The predicted molar refractivity (Wildman–Crippen MR) is 105 cm³/mol. The lowest BCUT2D eigenvalue weighted by Gasteiger charge is -2.17. The zero-order valence-electron chi connectivity index (χ0n) is 15.7. The number of halogens is 5. The first-order valence-corrected chi connectivity index (χ1v) is 9.74. The smallest absolute Gasteiger partial charge is 0.277 e. The van der Waals surface area contributed by atoms with E-state index in [0.717, 1.165) is 0 Å². The van der Waals surface area contributed by atoms with Crippen molar-refractivity contribution in [3.05, 3.63) is 50.8 Å². The Morgan fingerprint density at radius 3 is 2.73 bits per heavy atom. The average molecular weight is 511 g/mol. The third-order valence-electron chi connectivity index (χ3n) is 3.96. The number of benzene rings is 1. The molecule has 3 rings (SSSR count). The molecule has 0 saturated carbocycles. The number of aromatic nitrogens is 1. The van der Waals surface area contributed by atoms with Gasteiger partial charge in [0, 0.05) is 10.7 Å². The summed E-state index contributed by atoms with van der Waals surface area (Å²) in [6, 6.07) is 1.98. The molecule has 1 aromatic heterocycles. The third-order valence-corrected chi connectivity index (χ3v) is 4.68. The van der Waals surface area contributed by atoms with Crippen LogP contribution in [-0.4, -0.2) is 36.0 Å². The Morgan fingerprint density at radius 2 is 2.10 bits per heavy atom. The van der Waals surface area contributed by atoms with E-state index >= 15 is 0 Å². The van der Waals surface area contributed by atoms with Gasteiger partial charge in [0.15, 0.2) is 23.2 Å². The first kappa shape index (κ1) is 22.8. The summed E-state index contributed by atoms with van der Waals surface area (Å²) in [5.41, 5.74) is 0.828. The number of pyridine rings is 1. The van der Waals surface area contributed by atoms with E-state index in [2.05, 4.69) is 26.2 Å². The van der Waals surface area contributed by atoms with Crippen LogP contribution in [-0.2, 0) is 14.3 Å². The van der Waals surface area contributed by atoms with Gasteiger partial charge < -0.3 is 14.8 Å². The maximum Gasteiger partial charge on any atom is 0.277 e. The maximum absolute atomic E-state index is 14.4. The van der Waals surface area contributed by atoms with Crippen molar-refractivity contribution in [3.8, 4) is 0 Å². The molecule has 1 unspecified atom stereocenters. The number of hydrogen-bond donors (Lipinski definition) is 2. The molecule has 2 heterocycles. The molecular formula is C18H16BrClF3N3O4. The van der Waals surface area contributed by atoms with Gasteiger partial charge in [0.2, 0.25) is 0 Å². The Morgan fingerprint density at radius 1 is 1.37 bits per heavy atom. The summed E-state index contributed by atoms with van der Waals surface area (Å²) in [7, 11) is 0. The largest absolute Gasteiger partial charge is 0.348 e. The van der Waals surface area contributed by atoms with Crippen LogP contribution in [0.3, 0.4) is 0 Å². The van der Waals surface area contributed by atoms with E-state index in [-0.39, 0.29) is 24.1 Å². The van der Waals surface area contributed by atoms with Crippen molar-refractivity contribution in [1.29, 1.82) is 0 Å². The van der Waals surface area contributed by atoms with Gasteiger partial charge in [-0.3, -0.25) is 9.63 Å². The molecule has 0 bridgehead atoms. The summed E-state index contributed by atoms with van der Waals surface area (Å²) in [4.78, 5) is 21.4. The van der Waals surface area contributed by atoms with Gasteiger partial charge in [-0.1, -0.05) is 11.6 Å². The molecule has 0 aliphatic carbocycles. The van der Waals surface area contributed by atoms with Gasteiger partial charge in [-0.15, -0.1) is 0 Å². The monoisotopic (exact) mass is 509 g/mol. The topological polar surface area (TPSA) is 81.7 Å². The van der Waals surface area contributed by atoms with Crippen LogP contribution in [0.5, 0.6) is 0 Å². The van der Waals surface area contributed by atoms with Crippen LogP contribution in [0, 0.1) is 17.5 Å². The molecule has 1 saturated heterocycles. The minimum atomic E-state index is -1.76. The molecule has 1 amide bonds. The van der Waals surface area contributed by atoms with Crippen LogP contribution in [0.1, 0.15) is 24.2 Å². The fourth-order valence-electron chi connectivity index (χ4n) is 2.62. The highest BCUT2D eigenvalue weighted by molar-refractivity contribution is 9.10. The Labute approximate surface area is 182 Å². The molecule has 0 spiro atoms. The molecule has 1 aliphatic rings. The molecule has 7 nitrogen and oxygen atoms in total. The summed E-state index contributed by atoms with van der Waals surface area (Å²) < 4.78 is 53.4. The van der Waals surface area contributed by atoms with Crippen LogP contribution in [0.4, 0.5) is 24.7 Å². The van der Waals surface area contributed by atoms with Gasteiger partial charge >= 0.3 is 0 Å². The van der Waals surface area contributed by atoms with Crippen molar-refractivity contribution in [2.75, 3.05) is 18.5 Å². The fraction of sp³-hybridized carbons (Fsp3) is 0.333. The molecule has 1 atom stereocenters. The number of nitrogens with one attached hydrogen (secondary N) is 2. The highest BCUT2D eigenvalue weighted by Gasteiger charge is 2.33. The van der Waals surface area contributed by atoms with E-state index in [1.165, 1.54) is 12.3 Å². The van der Waals surface area contributed by atoms with Gasteiger partial charge in [0.1, 0.15) is 18.5 Å². The third kappa shape index (κ3) is 5.22. The Hall–Kier alpha value is -1.92. The molecule has 1 aromatic carbocycles. The number of nitrogens with zero attached hydrogens (tertiary/aromatic N) is 1. The molecule has 1 aliphatic heterocycles. The van der Waals surface area contributed by atoms with Crippen LogP contribution >= 0.6 is 27.5 Å². The summed E-state index contributed by atoms with van der Waals surface area (Å²) >= 11 is 9.18. The van der Waals surface area contributed by atoms with E-state index in [4.69, 9.17) is 25.9 Å². The van der Waals surface area contributed by atoms with Crippen LogP contribution < -0.4 is 10.8 Å². The molecular weight excluding hydrogens is 495 g/mol.